The normalized spacial score (nSPS) is 14.4. The number of nitrogens with zero attached hydrogens (tertiary/aromatic N) is 2. The van der Waals surface area contributed by atoms with E-state index in [0.29, 0.717) is 27.6 Å². The molecule has 2 aromatic rings. The summed E-state index contributed by atoms with van der Waals surface area (Å²) in [5.74, 6) is 2.38. The summed E-state index contributed by atoms with van der Waals surface area (Å²) in [6.45, 7) is 0. The molecule has 1 aromatic carbocycles. The third-order valence-corrected chi connectivity index (χ3v) is 3.28. The first kappa shape index (κ1) is 12.5. The molecule has 1 fully saturated rings. The molecule has 1 saturated carbocycles. The fourth-order valence-electron chi connectivity index (χ4n) is 1.85. The molecule has 1 aliphatic carbocycles. The number of hydrogen-bond acceptors (Lipinski definition) is 4. The van der Waals surface area contributed by atoms with E-state index < -0.39 is 0 Å². The lowest BCUT2D eigenvalue weighted by Gasteiger charge is -2.09. The third kappa shape index (κ3) is 3.08. The first-order valence-electron chi connectivity index (χ1n) is 5.98. The highest BCUT2D eigenvalue weighted by atomic mass is 35.5. The Hall–Kier alpha value is -1.52. The number of nitrogens with one attached hydrogen (secondary N) is 1. The molecular weight excluding hydrogens is 283 g/mol. The van der Waals surface area contributed by atoms with E-state index in [1.54, 1.807) is 24.3 Å². The quantitative estimate of drug-likeness (QED) is 0.898. The van der Waals surface area contributed by atoms with Crippen LogP contribution in [0.4, 0.5) is 17.3 Å². The predicted octanol–water partition coefficient (Wildman–Crippen LogP) is 3.99. The summed E-state index contributed by atoms with van der Waals surface area (Å²) in [4.78, 5) is 8.71. The maximum atomic E-state index is 5.96. The van der Waals surface area contributed by atoms with Gasteiger partial charge in [0, 0.05) is 27.7 Å². The summed E-state index contributed by atoms with van der Waals surface area (Å²) in [5.41, 5.74) is 6.57. The maximum absolute atomic E-state index is 5.96. The van der Waals surface area contributed by atoms with Crippen LogP contribution in [0.25, 0.3) is 0 Å². The van der Waals surface area contributed by atoms with Crippen molar-refractivity contribution in [2.45, 2.75) is 18.8 Å². The van der Waals surface area contributed by atoms with Crippen molar-refractivity contribution in [3.8, 4) is 0 Å². The van der Waals surface area contributed by atoms with E-state index in [0.717, 1.165) is 24.4 Å². The monoisotopic (exact) mass is 294 g/mol. The lowest BCUT2D eigenvalue weighted by molar-refractivity contribution is 0.936. The largest absolute Gasteiger partial charge is 0.384 e. The number of benzene rings is 1. The van der Waals surface area contributed by atoms with E-state index in [2.05, 4.69) is 15.3 Å². The minimum Gasteiger partial charge on any atom is -0.384 e. The summed E-state index contributed by atoms with van der Waals surface area (Å²) < 4.78 is 0. The fraction of sp³-hybridized carbons (Fsp3) is 0.231. The zero-order valence-corrected chi connectivity index (χ0v) is 11.5. The third-order valence-electron chi connectivity index (χ3n) is 2.84. The van der Waals surface area contributed by atoms with Gasteiger partial charge in [-0.15, -0.1) is 0 Å². The molecule has 3 rings (SSSR count). The van der Waals surface area contributed by atoms with Crippen LogP contribution < -0.4 is 11.1 Å². The highest BCUT2D eigenvalue weighted by molar-refractivity contribution is 6.35. The minimum atomic E-state index is 0.451. The Labute approximate surface area is 121 Å². The Morgan fingerprint density at radius 1 is 1.05 bits per heavy atom. The lowest BCUT2D eigenvalue weighted by Crippen LogP contribution is -2.02. The van der Waals surface area contributed by atoms with E-state index in [4.69, 9.17) is 28.9 Å². The molecule has 0 bridgehead atoms. The molecule has 0 atom stereocenters. The lowest BCUT2D eigenvalue weighted by atomic mass is 10.3. The Bertz CT molecular complexity index is 606. The molecule has 4 nitrogen and oxygen atoms in total. The summed E-state index contributed by atoms with van der Waals surface area (Å²) in [5, 5.41) is 4.29. The number of hydrogen-bond donors (Lipinski definition) is 2. The van der Waals surface area contributed by atoms with Crippen LogP contribution in [0.15, 0.2) is 24.3 Å². The Kier molecular flexibility index (Phi) is 3.21. The molecule has 19 heavy (non-hydrogen) atoms. The van der Waals surface area contributed by atoms with Crippen molar-refractivity contribution < 1.29 is 0 Å². The van der Waals surface area contributed by atoms with Crippen LogP contribution >= 0.6 is 23.2 Å². The zero-order chi connectivity index (χ0) is 13.4. The molecule has 98 valence electrons. The zero-order valence-electron chi connectivity index (χ0n) is 10.0. The van der Waals surface area contributed by atoms with Gasteiger partial charge in [0.25, 0.3) is 0 Å². The van der Waals surface area contributed by atoms with Crippen molar-refractivity contribution in [3.63, 3.8) is 0 Å². The topological polar surface area (TPSA) is 63.8 Å². The van der Waals surface area contributed by atoms with Crippen LogP contribution in [0.5, 0.6) is 0 Å². The fourth-order valence-corrected chi connectivity index (χ4v) is 2.37. The van der Waals surface area contributed by atoms with Crippen LogP contribution in [-0.2, 0) is 0 Å². The number of nitrogen functional groups attached to an aromatic ring is 1. The Morgan fingerprint density at radius 3 is 2.37 bits per heavy atom. The number of nitrogens with two attached hydrogens (primary N) is 1. The number of rotatable bonds is 3. The van der Waals surface area contributed by atoms with Gasteiger partial charge < -0.3 is 11.1 Å². The van der Waals surface area contributed by atoms with Gasteiger partial charge in [-0.05, 0) is 31.0 Å². The van der Waals surface area contributed by atoms with Gasteiger partial charge in [-0.1, -0.05) is 23.2 Å². The maximum Gasteiger partial charge on any atom is 0.136 e. The molecule has 1 aromatic heterocycles. The average Bonchev–Trinajstić information content (AvgIpc) is 3.09. The van der Waals surface area contributed by atoms with Crippen molar-refractivity contribution in [2.24, 2.45) is 0 Å². The summed E-state index contributed by atoms with van der Waals surface area (Å²) in [6, 6.07) is 6.93. The molecule has 0 saturated heterocycles. The summed E-state index contributed by atoms with van der Waals surface area (Å²) >= 11 is 11.9. The van der Waals surface area contributed by atoms with Gasteiger partial charge >= 0.3 is 0 Å². The second kappa shape index (κ2) is 4.87. The molecule has 6 heteroatoms. The molecule has 0 aliphatic heterocycles. The molecule has 1 aliphatic rings. The van der Waals surface area contributed by atoms with E-state index >= 15 is 0 Å². The summed E-state index contributed by atoms with van der Waals surface area (Å²) in [7, 11) is 0. The first-order chi connectivity index (χ1) is 9.10. The molecule has 0 amide bonds. The van der Waals surface area contributed by atoms with Crippen molar-refractivity contribution in [1.82, 2.24) is 9.97 Å². The number of anilines is 3. The van der Waals surface area contributed by atoms with Crippen molar-refractivity contribution in [1.29, 1.82) is 0 Å². The van der Waals surface area contributed by atoms with Crippen molar-refractivity contribution in [3.05, 3.63) is 40.1 Å². The molecule has 0 spiro atoms. The van der Waals surface area contributed by atoms with E-state index in [1.165, 1.54) is 0 Å². The molecule has 3 N–H and O–H groups in total. The minimum absolute atomic E-state index is 0.451. The molecule has 1 heterocycles. The number of aromatic nitrogens is 2. The van der Waals surface area contributed by atoms with Crippen molar-refractivity contribution >= 4 is 40.5 Å². The first-order valence-corrected chi connectivity index (χ1v) is 6.73. The second-order valence-corrected chi connectivity index (χ2v) is 5.47. The standard InChI is InChI=1S/C13H12Cl2N4/c14-8-3-9(15)5-10(4-8)17-12-6-11(16)18-13(19-12)7-1-2-7/h3-7H,1-2H2,(H3,16,17,18,19). The molecule has 0 radical (unpaired) electrons. The average molecular weight is 295 g/mol. The van der Waals surface area contributed by atoms with E-state index in [9.17, 15) is 0 Å². The van der Waals surface area contributed by atoms with Gasteiger partial charge in [0.1, 0.15) is 17.5 Å². The van der Waals surface area contributed by atoms with Crippen LogP contribution in [0.1, 0.15) is 24.6 Å². The molecular formula is C13H12Cl2N4. The van der Waals surface area contributed by atoms with Crippen LogP contribution in [0.3, 0.4) is 0 Å². The smallest absolute Gasteiger partial charge is 0.136 e. The van der Waals surface area contributed by atoms with Gasteiger partial charge in [-0.2, -0.15) is 0 Å². The van der Waals surface area contributed by atoms with Gasteiger partial charge in [0.05, 0.1) is 0 Å². The highest BCUT2D eigenvalue weighted by Gasteiger charge is 2.27. The Morgan fingerprint density at radius 2 is 1.74 bits per heavy atom. The SMILES string of the molecule is Nc1cc(Nc2cc(Cl)cc(Cl)c2)nc(C2CC2)n1. The van der Waals surface area contributed by atoms with Crippen LogP contribution in [-0.4, -0.2) is 9.97 Å². The van der Waals surface area contributed by atoms with Crippen LogP contribution in [0.2, 0.25) is 10.0 Å². The van der Waals surface area contributed by atoms with Crippen molar-refractivity contribution in [2.75, 3.05) is 11.1 Å². The number of halogens is 2. The summed E-state index contributed by atoms with van der Waals surface area (Å²) in [6.07, 6.45) is 2.26. The predicted molar refractivity (Wildman–Crippen MR) is 78.2 cm³/mol. The van der Waals surface area contributed by atoms with Gasteiger partial charge in [0.15, 0.2) is 0 Å². The highest BCUT2D eigenvalue weighted by Crippen LogP contribution is 2.38. The van der Waals surface area contributed by atoms with Crippen LogP contribution in [0, 0.1) is 0 Å². The second-order valence-electron chi connectivity index (χ2n) is 4.59. The van der Waals surface area contributed by atoms with Gasteiger partial charge in [-0.3, -0.25) is 0 Å². The molecule has 0 unspecified atom stereocenters. The van der Waals surface area contributed by atoms with E-state index in [-0.39, 0.29) is 0 Å². The van der Waals surface area contributed by atoms with E-state index in [1.807, 2.05) is 0 Å². The Balaban J connectivity index is 1.89. The van der Waals surface area contributed by atoms with Gasteiger partial charge in [-0.25, -0.2) is 9.97 Å². The van der Waals surface area contributed by atoms with Gasteiger partial charge in [0.2, 0.25) is 0 Å².